The number of nitrogens with one attached hydrogen (secondary N) is 2. The second kappa shape index (κ2) is 11.3. The fourth-order valence-corrected chi connectivity index (χ4v) is 3.78. The molecule has 0 aliphatic heterocycles. The highest BCUT2D eigenvalue weighted by Gasteiger charge is 2.22. The summed E-state index contributed by atoms with van der Waals surface area (Å²) < 4.78 is 8.77. The molecule has 2 amide bonds. The smallest absolute Gasteiger partial charge is 0.407 e. The molecule has 13 nitrogen and oxygen atoms in total. The number of imidazole rings is 1. The van der Waals surface area contributed by atoms with E-state index >= 15 is 0 Å². The SMILES string of the molecule is CCn1c(-n2cc(CCNC(=O)C[C@H](CC(C)C)NC(=O)OC(C)(C)C)nn2)nc2c(N)ncnc21. The van der Waals surface area contributed by atoms with Gasteiger partial charge in [-0.2, -0.15) is 4.68 Å². The van der Waals surface area contributed by atoms with Gasteiger partial charge in [-0.3, -0.25) is 9.36 Å². The first-order valence-electron chi connectivity index (χ1n) is 12.1. The molecule has 0 fully saturated rings. The third kappa shape index (κ3) is 7.12. The number of rotatable bonds is 10. The second-order valence-corrected chi connectivity index (χ2v) is 10.0. The monoisotopic (exact) mass is 500 g/mol. The van der Waals surface area contributed by atoms with E-state index in [1.807, 2.05) is 25.3 Å². The number of carbonyl (C=O) groups is 2. The number of aryl methyl sites for hydroxylation is 1. The molecule has 0 aliphatic rings. The Bertz CT molecular complexity index is 1190. The van der Waals surface area contributed by atoms with E-state index in [4.69, 9.17) is 10.5 Å². The van der Waals surface area contributed by atoms with Gasteiger partial charge in [0.15, 0.2) is 17.0 Å². The summed E-state index contributed by atoms with van der Waals surface area (Å²) in [6, 6.07) is -0.321. The van der Waals surface area contributed by atoms with Crippen LogP contribution >= 0.6 is 0 Å². The molecular formula is C23H36N10O3. The minimum atomic E-state index is -0.604. The number of alkyl carbamates (subject to hydrolysis) is 1. The Morgan fingerprint density at radius 2 is 1.97 bits per heavy atom. The molecule has 3 heterocycles. The average Bonchev–Trinajstić information content (AvgIpc) is 3.36. The van der Waals surface area contributed by atoms with Crippen LogP contribution in [0.25, 0.3) is 17.1 Å². The molecule has 13 heteroatoms. The van der Waals surface area contributed by atoms with Gasteiger partial charge in [-0.1, -0.05) is 19.1 Å². The predicted octanol–water partition coefficient (Wildman–Crippen LogP) is 2.00. The van der Waals surface area contributed by atoms with E-state index in [1.54, 1.807) is 31.6 Å². The largest absolute Gasteiger partial charge is 0.444 e. The molecule has 0 saturated heterocycles. The van der Waals surface area contributed by atoms with Crippen molar-refractivity contribution in [1.82, 2.24) is 45.1 Å². The van der Waals surface area contributed by atoms with Crippen LogP contribution in [0.1, 0.15) is 60.1 Å². The van der Waals surface area contributed by atoms with Gasteiger partial charge in [0.2, 0.25) is 11.9 Å². The summed E-state index contributed by atoms with van der Waals surface area (Å²) in [5.41, 5.74) is 7.16. The molecular weight excluding hydrogens is 464 g/mol. The Labute approximate surface area is 210 Å². The van der Waals surface area contributed by atoms with Gasteiger partial charge < -0.3 is 21.1 Å². The van der Waals surface area contributed by atoms with Crippen LogP contribution in [0.2, 0.25) is 0 Å². The first-order valence-corrected chi connectivity index (χ1v) is 12.1. The lowest BCUT2D eigenvalue weighted by Crippen LogP contribution is -2.42. The first-order chi connectivity index (χ1) is 17.0. The third-order valence-electron chi connectivity index (χ3n) is 5.21. The van der Waals surface area contributed by atoms with Gasteiger partial charge >= 0.3 is 6.09 Å². The zero-order chi connectivity index (χ0) is 26.5. The Morgan fingerprint density at radius 1 is 1.22 bits per heavy atom. The molecule has 0 aromatic carbocycles. The maximum atomic E-state index is 12.6. The van der Waals surface area contributed by atoms with Crippen molar-refractivity contribution in [3.05, 3.63) is 18.2 Å². The van der Waals surface area contributed by atoms with Crippen LogP contribution in [0.15, 0.2) is 12.5 Å². The quantitative estimate of drug-likeness (QED) is 0.377. The number of amides is 2. The molecule has 3 rings (SSSR count). The Kier molecular flexibility index (Phi) is 8.43. The molecule has 4 N–H and O–H groups in total. The summed E-state index contributed by atoms with van der Waals surface area (Å²) >= 11 is 0. The minimum absolute atomic E-state index is 0.160. The number of nitrogens with two attached hydrogens (primary N) is 1. The molecule has 0 saturated carbocycles. The fraction of sp³-hybridized carbons (Fsp3) is 0.609. The molecule has 1 atom stereocenters. The maximum Gasteiger partial charge on any atom is 0.407 e. The van der Waals surface area contributed by atoms with E-state index in [1.165, 1.54) is 6.33 Å². The maximum absolute atomic E-state index is 12.6. The summed E-state index contributed by atoms with van der Waals surface area (Å²) in [5, 5.41) is 14.1. The van der Waals surface area contributed by atoms with Crippen LogP contribution in [0.3, 0.4) is 0 Å². The van der Waals surface area contributed by atoms with Gasteiger partial charge in [-0.05, 0) is 40.0 Å². The molecule has 36 heavy (non-hydrogen) atoms. The summed E-state index contributed by atoms with van der Waals surface area (Å²) in [6.07, 6.45) is 3.94. The third-order valence-corrected chi connectivity index (χ3v) is 5.21. The molecule has 196 valence electrons. The van der Waals surface area contributed by atoms with Crippen LogP contribution in [0, 0.1) is 5.92 Å². The number of carbonyl (C=O) groups excluding carboxylic acids is 2. The van der Waals surface area contributed by atoms with Crippen molar-refractivity contribution in [2.75, 3.05) is 12.3 Å². The average molecular weight is 501 g/mol. The lowest BCUT2D eigenvalue weighted by molar-refractivity contribution is -0.121. The second-order valence-electron chi connectivity index (χ2n) is 10.0. The lowest BCUT2D eigenvalue weighted by Gasteiger charge is -2.24. The highest BCUT2D eigenvalue weighted by Crippen LogP contribution is 2.20. The van der Waals surface area contributed by atoms with Gasteiger partial charge in [0, 0.05) is 32.0 Å². The predicted molar refractivity (Wildman–Crippen MR) is 134 cm³/mol. The minimum Gasteiger partial charge on any atom is -0.444 e. The summed E-state index contributed by atoms with van der Waals surface area (Å²) in [4.78, 5) is 37.5. The van der Waals surface area contributed by atoms with E-state index < -0.39 is 11.7 Å². The zero-order valence-electron chi connectivity index (χ0n) is 21.8. The Balaban J connectivity index is 1.57. The Morgan fingerprint density at radius 3 is 2.64 bits per heavy atom. The van der Waals surface area contributed by atoms with Crippen molar-refractivity contribution in [3.8, 4) is 5.95 Å². The molecule has 3 aromatic heterocycles. The molecule has 0 radical (unpaired) electrons. The standard InChI is InChI=1S/C23H36N10O3/c1-7-32-20-18(19(24)26-13-27-20)29-21(32)33-12-15(30-31-33)8-9-25-17(34)11-16(10-14(2)3)28-22(35)36-23(4,5)6/h12-14,16H,7-11H2,1-6H3,(H,25,34)(H,28,35)(H2,24,26,27)/t16-/m0/s1. The van der Waals surface area contributed by atoms with Crippen molar-refractivity contribution < 1.29 is 14.3 Å². The van der Waals surface area contributed by atoms with Crippen molar-refractivity contribution >= 4 is 29.0 Å². The highest BCUT2D eigenvalue weighted by molar-refractivity contribution is 5.82. The van der Waals surface area contributed by atoms with Gasteiger partial charge in [-0.25, -0.2) is 19.7 Å². The number of anilines is 1. The van der Waals surface area contributed by atoms with Crippen LogP contribution in [0.5, 0.6) is 0 Å². The number of fused-ring (bicyclic) bond motifs is 1. The normalized spacial score (nSPS) is 12.6. The van der Waals surface area contributed by atoms with Crippen molar-refractivity contribution in [3.63, 3.8) is 0 Å². The molecule has 0 bridgehead atoms. The van der Waals surface area contributed by atoms with Crippen LogP contribution in [-0.2, 0) is 22.5 Å². The van der Waals surface area contributed by atoms with Crippen molar-refractivity contribution in [2.45, 2.75) is 79.0 Å². The summed E-state index contributed by atoms with van der Waals surface area (Å²) in [5.74, 6) is 0.980. The number of nitrogen functional groups attached to an aromatic ring is 1. The van der Waals surface area contributed by atoms with E-state index in [9.17, 15) is 9.59 Å². The van der Waals surface area contributed by atoms with Crippen LogP contribution in [-0.4, -0.2) is 64.7 Å². The summed E-state index contributed by atoms with van der Waals surface area (Å²) in [6.45, 7) is 12.4. The van der Waals surface area contributed by atoms with Gasteiger partial charge in [-0.15, -0.1) is 5.10 Å². The van der Waals surface area contributed by atoms with E-state index in [0.29, 0.717) is 60.5 Å². The van der Waals surface area contributed by atoms with Gasteiger partial charge in [0.25, 0.3) is 0 Å². The number of nitrogens with zero attached hydrogens (tertiary/aromatic N) is 7. The van der Waals surface area contributed by atoms with Crippen LogP contribution in [0.4, 0.5) is 10.6 Å². The molecule has 3 aromatic rings. The zero-order valence-corrected chi connectivity index (χ0v) is 21.8. The highest BCUT2D eigenvalue weighted by atomic mass is 16.6. The molecule has 0 aliphatic carbocycles. The van der Waals surface area contributed by atoms with Gasteiger partial charge in [0.1, 0.15) is 11.9 Å². The van der Waals surface area contributed by atoms with E-state index in [0.717, 1.165) is 0 Å². The van der Waals surface area contributed by atoms with Crippen molar-refractivity contribution in [1.29, 1.82) is 0 Å². The topological polar surface area (TPSA) is 168 Å². The van der Waals surface area contributed by atoms with Gasteiger partial charge in [0.05, 0.1) is 11.9 Å². The number of hydrogen-bond donors (Lipinski definition) is 3. The Hall–Kier alpha value is -3.77. The first kappa shape index (κ1) is 26.8. The molecule has 0 unspecified atom stereocenters. The number of hydrogen-bond acceptors (Lipinski definition) is 9. The number of ether oxygens (including phenoxy) is 1. The van der Waals surface area contributed by atoms with Crippen molar-refractivity contribution in [2.24, 2.45) is 5.92 Å². The lowest BCUT2D eigenvalue weighted by atomic mass is 10.0. The van der Waals surface area contributed by atoms with E-state index in [-0.39, 0.29) is 18.4 Å². The fourth-order valence-electron chi connectivity index (χ4n) is 3.78. The molecule has 0 spiro atoms. The van der Waals surface area contributed by atoms with E-state index in [2.05, 4.69) is 35.9 Å². The number of aromatic nitrogens is 7. The van der Waals surface area contributed by atoms with Crippen LogP contribution < -0.4 is 16.4 Å². The summed E-state index contributed by atoms with van der Waals surface area (Å²) in [7, 11) is 0.